The number of nitrogens with two attached hydrogens (primary N) is 1. The van der Waals surface area contributed by atoms with Crippen LogP contribution in [0.3, 0.4) is 0 Å². The lowest BCUT2D eigenvalue weighted by Gasteiger charge is -2.08. The van der Waals surface area contributed by atoms with E-state index in [1.54, 1.807) is 11.8 Å². The summed E-state index contributed by atoms with van der Waals surface area (Å²) in [6.45, 7) is 2.00. The summed E-state index contributed by atoms with van der Waals surface area (Å²) < 4.78 is 0. The van der Waals surface area contributed by atoms with Gasteiger partial charge in [0.15, 0.2) is 0 Å². The maximum atomic E-state index is 5.73. The zero-order chi connectivity index (χ0) is 8.97. The molecule has 0 aromatic heterocycles. The highest BCUT2D eigenvalue weighted by Gasteiger charge is 2.00. The molecular weight excluding hydrogens is 192 g/mol. The molecule has 0 amide bonds. The van der Waals surface area contributed by atoms with E-state index in [4.69, 9.17) is 17.4 Å². The van der Waals surface area contributed by atoms with Crippen LogP contribution in [0.25, 0.3) is 0 Å². The molecule has 0 fully saturated rings. The van der Waals surface area contributed by atoms with Crippen molar-refractivity contribution in [2.24, 2.45) is 5.84 Å². The van der Waals surface area contributed by atoms with E-state index >= 15 is 0 Å². The minimum Gasteiger partial charge on any atom is -0.270 e. The van der Waals surface area contributed by atoms with Crippen molar-refractivity contribution in [1.29, 1.82) is 0 Å². The normalized spacial score (nSPS) is 12.9. The molecule has 0 heterocycles. The number of hydrogen-bond acceptors (Lipinski definition) is 3. The average Bonchev–Trinajstić information content (AvgIpc) is 2.09. The van der Waals surface area contributed by atoms with Crippen molar-refractivity contribution in [3.05, 3.63) is 29.3 Å². The quantitative estimate of drug-likeness (QED) is 0.342. The lowest BCUT2D eigenvalue weighted by Crippen LogP contribution is -2.29. The number of nitrogens with one attached hydrogen (secondary N) is 1. The molecule has 0 aliphatic rings. The van der Waals surface area contributed by atoms with Crippen molar-refractivity contribution < 1.29 is 0 Å². The lowest BCUT2D eigenvalue weighted by molar-refractivity contribution is 0.733. The van der Waals surface area contributed by atoms with Crippen molar-refractivity contribution >= 4 is 23.4 Å². The number of benzene rings is 1. The third-order valence-electron chi connectivity index (χ3n) is 1.36. The molecule has 0 radical (unpaired) electrons. The first-order valence-electron chi connectivity index (χ1n) is 3.60. The van der Waals surface area contributed by atoms with Crippen LogP contribution in [0.5, 0.6) is 0 Å². The highest BCUT2D eigenvalue weighted by molar-refractivity contribution is 7.99. The summed E-state index contributed by atoms with van der Waals surface area (Å²) in [5.41, 5.74) is 2.66. The molecule has 1 rings (SSSR count). The number of halogens is 1. The molecule has 1 unspecified atom stereocenters. The van der Waals surface area contributed by atoms with Gasteiger partial charge < -0.3 is 0 Å². The Hall–Kier alpha value is -0.220. The van der Waals surface area contributed by atoms with Crippen molar-refractivity contribution in [3.8, 4) is 0 Å². The Morgan fingerprint density at radius 2 is 2.00 bits per heavy atom. The second-order valence-electron chi connectivity index (χ2n) is 2.38. The van der Waals surface area contributed by atoms with E-state index in [2.05, 4.69) is 5.43 Å². The van der Waals surface area contributed by atoms with E-state index in [0.29, 0.717) is 0 Å². The minimum atomic E-state index is 0.214. The van der Waals surface area contributed by atoms with Crippen LogP contribution in [0.4, 0.5) is 0 Å². The molecular formula is C8H11ClN2S. The number of hydrogen-bond donors (Lipinski definition) is 2. The Kier molecular flexibility index (Phi) is 3.88. The maximum Gasteiger partial charge on any atom is 0.0682 e. The highest BCUT2D eigenvalue weighted by atomic mass is 35.5. The predicted molar refractivity (Wildman–Crippen MR) is 54.1 cm³/mol. The van der Waals surface area contributed by atoms with E-state index < -0.39 is 0 Å². The van der Waals surface area contributed by atoms with Gasteiger partial charge in [0.1, 0.15) is 0 Å². The van der Waals surface area contributed by atoms with Gasteiger partial charge in [-0.2, -0.15) is 0 Å². The fourth-order valence-electron chi connectivity index (χ4n) is 0.751. The molecule has 2 nitrogen and oxygen atoms in total. The van der Waals surface area contributed by atoms with E-state index in [-0.39, 0.29) is 5.37 Å². The van der Waals surface area contributed by atoms with Gasteiger partial charge in [-0.05, 0) is 31.2 Å². The van der Waals surface area contributed by atoms with E-state index in [1.165, 1.54) is 0 Å². The van der Waals surface area contributed by atoms with Crippen LogP contribution in [-0.4, -0.2) is 5.37 Å². The molecule has 12 heavy (non-hydrogen) atoms. The van der Waals surface area contributed by atoms with Gasteiger partial charge in [0.25, 0.3) is 0 Å². The minimum absolute atomic E-state index is 0.214. The molecule has 66 valence electrons. The average molecular weight is 203 g/mol. The molecule has 0 spiro atoms. The Morgan fingerprint density at radius 3 is 2.50 bits per heavy atom. The Bertz CT molecular complexity index is 237. The first-order chi connectivity index (χ1) is 5.72. The van der Waals surface area contributed by atoms with E-state index in [0.717, 1.165) is 9.92 Å². The van der Waals surface area contributed by atoms with Crippen LogP contribution in [0, 0.1) is 0 Å². The van der Waals surface area contributed by atoms with Crippen LogP contribution in [0.2, 0.25) is 5.02 Å². The van der Waals surface area contributed by atoms with Crippen LogP contribution < -0.4 is 11.3 Å². The molecule has 0 saturated carbocycles. The van der Waals surface area contributed by atoms with Gasteiger partial charge in [-0.1, -0.05) is 11.6 Å². The Morgan fingerprint density at radius 1 is 1.42 bits per heavy atom. The largest absolute Gasteiger partial charge is 0.270 e. The summed E-state index contributed by atoms with van der Waals surface area (Å²) in [5, 5.41) is 0.971. The summed E-state index contributed by atoms with van der Waals surface area (Å²) in [6.07, 6.45) is 0. The third-order valence-corrected chi connectivity index (χ3v) is 2.65. The predicted octanol–water partition coefficient (Wildman–Crippen LogP) is 2.24. The van der Waals surface area contributed by atoms with Gasteiger partial charge in [-0.15, -0.1) is 11.8 Å². The molecule has 0 aliphatic heterocycles. The van der Waals surface area contributed by atoms with Crippen molar-refractivity contribution in [3.63, 3.8) is 0 Å². The first-order valence-corrected chi connectivity index (χ1v) is 4.86. The van der Waals surface area contributed by atoms with Crippen LogP contribution in [-0.2, 0) is 0 Å². The topological polar surface area (TPSA) is 38.0 Å². The fourth-order valence-corrected chi connectivity index (χ4v) is 1.65. The number of thioether (sulfide) groups is 1. The first kappa shape index (κ1) is 9.86. The maximum absolute atomic E-state index is 5.73. The zero-order valence-corrected chi connectivity index (χ0v) is 8.32. The molecule has 4 heteroatoms. The Labute approximate surface area is 81.4 Å². The van der Waals surface area contributed by atoms with Gasteiger partial charge in [-0.3, -0.25) is 5.84 Å². The van der Waals surface area contributed by atoms with Gasteiger partial charge in [0.2, 0.25) is 0 Å². The number of rotatable bonds is 3. The molecule has 1 atom stereocenters. The van der Waals surface area contributed by atoms with Crippen molar-refractivity contribution in [2.45, 2.75) is 17.2 Å². The fraction of sp³-hybridized carbons (Fsp3) is 0.250. The molecule has 1 aromatic rings. The molecule has 0 saturated heterocycles. The van der Waals surface area contributed by atoms with E-state index in [1.807, 2.05) is 31.2 Å². The van der Waals surface area contributed by atoms with Crippen LogP contribution >= 0.6 is 23.4 Å². The summed E-state index contributed by atoms with van der Waals surface area (Å²) in [5.74, 6) is 5.25. The second-order valence-corrected chi connectivity index (χ2v) is 4.23. The summed E-state index contributed by atoms with van der Waals surface area (Å²) in [4.78, 5) is 1.16. The highest BCUT2D eigenvalue weighted by Crippen LogP contribution is 2.22. The van der Waals surface area contributed by atoms with Crippen LogP contribution in [0.1, 0.15) is 6.92 Å². The van der Waals surface area contributed by atoms with Crippen molar-refractivity contribution in [1.82, 2.24) is 5.43 Å². The summed E-state index contributed by atoms with van der Waals surface area (Å²) in [7, 11) is 0. The summed E-state index contributed by atoms with van der Waals surface area (Å²) >= 11 is 7.39. The lowest BCUT2D eigenvalue weighted by atomic mass is 10.4. The summed E-state index contributed by atoms with van der Waals surface area (Å²) in [6, 6.07) is 7.68. The SMILES string of the molecule is CC(NN)Sc1ccc(Cl)cc1. The second kappa shape index (κ2) is 4.72. The van der Waals surface area contributed by atoms with Gasteiger partial charge in [-0.25, -0.2) is 5.43 Å². The van der Waals surface area contributed by atoms with Crippen LogP contribution in [0.15, 0.2) is 29.2 Å². The van der Waals surface area contributed by atoms with E-state index in [9.17, 15) is 0 Å². The standard InChI is InChI=1S/C8H11ClN2S/c1-6(11-10)12-8-4-2-7(9)3-5-8/h2-6,11H,10H2,1H3. The molecule has 3 N–H and O–H groups in total. The smallest absolute Gasteiger partial charge is 0.0682 e. The van der Waals surface area contributed by atoms with Gasteiger partial charge in [0.05, 0.1) is 5.37 Å². The van der Waals surface area contributed by atoms with Gasteiger partial charge >= 0.3 is 0 Å². The number of hydrazine groups is 1. The monoisotopic (exact) mass is 202 g/mol. The Balaban J connectivity index is 2.58. The molecule has 0 aliphatic carbocycles. The third kappa shape index (κ3) is 3.03. The van der Waals surface area contributed by atoms with Crippen molar-refractivity contribution in [2.75, 3.05) is 0 Å². The van der Waals surface area contributed by atoms with Gasteiger partial charge in [0, 0.05) is 9.92 Å². The zero-order valence-electron chi connectivity index (χ0n) is 6.75. The molecule has 1 aromatic carbocycles. The molecule has 0 bridgehead atoms.